The molecule has 0 spiro atoms. The number of carbonyl (C=O) groups excluding carboxylic acids is 2. The number of carbonyl (C=O) groups is 2. The maximum Gasteiger partial charge on any atom is 0.249 e. The van der Waals surface area contributed by atoms with Gasteiger partial charge in [-0.3, -0.25) is 9.59 Å². The first kappa shape index (κ1) is 14.5. The Hall–Kier alpha value is -1.92. The second-order valence-corrected chi connectivity index (χ2v) is 4.56. The zero-order chi connectivity index (χ0) is 14.4. The fraction of sp³-hybridized carbons (Fsp3) is 0.308. The van der Waals surface area contributed by atoms with Crippen LogP contribution >= 0.6 is 11.6 Å². The predicted octanol–water partition coefficient (Wildman–Crippen LogP) is 1.09. The summed E-state index contributed by atoms with van der Waals surface area (Å²) in [5.41, 5.74) is 0. The number of nitrogens with zero attached hydrogens (tertiary/aromatic N) is 2. The maximum absolute atomic E-state index is 11.8. The molecule has 0 radical (unpaired) electrons. The minimum absolute atomic E-state index is 0.201. The number of halogens is 1. The van der Waals surface area contributed by atoms with Gasteiger partial charge in [-0.15, -0.1) is 0 Å². The van der Waals surface area contributed by atoms with Crippen molar-refractivity contribution < 1.29 is 14.3 Å². The number of amides is 2. The van der Waals surface area contributed by atoms with Gasteiger partial charge in [0, 0.05) is 31.4 Å². The first-order chi connectivity index (χ1) is 9.65. The van der Waals surface area contributed by atoms with Crippen LogP contribution in [0, 0.1) is 0 Å². The molecule has 0 unspecified atom stereocenters. The van der Waals surface area contributed by atoms with Crippen LogP contribution in [0.1, 0.15) is 0 Å². The number of hydrogen-bond acceptors (Lipinski definition) is 4. The zero-order valence-electron chi connectivity index (χ0n) is 10.7. The van der Waals surface area contributed by atoms with E-state index in [1.165, 1.54) is 18.3 Å². The number of ether oxygens (including phenoxy) is 1. The van der Waals surface area contributed by atoms with E-state index in [-0.39, 0.29) is 5.91 Å². The molecule has 6 nitrogen and oxygen atoms in total. The molecule has 0 aromatic carbocycles. The molecular weight excluding hydrogens is 282 g/mol. The Labute approximate surface area is 121 Å². The third-order valence-corrected chi connectivity index (χ3v) is 2.90. The van der Waals surface area contributed by atoms with Crippen molar-refractivity contribution in [2.45, 2.75) is 0 Å². The molecular formula is C13H14ClN3O3. The van der Waals surface area contributed by atoms with Gasteiger partial charge in [0.15, 0.2) is 0 Å². The van der Waals surface area contributed by atoms with E-state index in [0.29, 0.717) is 37.1 Å². The van der Waals surface area contributed by atoms with Gasteiger partial charge in [-0.2, -0.15) is 0 Å². The highest BCUT2D eigenvalue weighted by Crippen LogP contribution is 2.09. The number of morpholine rings is 1. The Kier molecular flexibility index (Phi) is 5.09. The molecule has 2 heterocycles. The van der Waals surface area contributed by atoms with E-state index in [1.54, 1.807) is 17.0 Å². The highest BCUT2D eigenvalue weighted by Gasteiger charge is 2.14. The molecule has 2 amide bonds. The summed E-state index contributed by atoms with van der Waals surface area (Å²) in [6.45, 7) is 2.15. The monoisotopic (exact) mass is 295 g/mol. The van der Waals surface area contributed by atoms with Crippen molar-refractivity contribution in [2.75, 3.05) is 31.6 Å². The molecule has 1 aliphatic rings. The van der Waals surface area contributed by atoms with Crippen molar-refractivity contribution in [2.24, 2.45) is 0 Å². The highest BCUT2D eigenvalue weighted by molar-refractivity contribution is 6.30. The Morgan fingerprint density at radius 1 is 1.30 bits per heavy atom. The molecule has 1 aliphatic heterocycles. The molecule has 1 N–H and O–H groups in total. The van der Waals surface area contributed by atoms with Crippen molar-refractivity contribution in [3.8, 4) is 0 Å². The largest absolute Gasteiger partial charge is 0.378 e. The maximum atomic E-state index is 11.8. The topological polar surface area (TPSA) is 71.5 Å². The number of aromatic nitrogens is 1. The van der Waals surface area contributed by atoms with Crippen LogP contribution < -0.4 is 5.32 Å². The average Bonchev–Trinajstić information content (AvgIpc) is 2.48. The van der Waals surface area contributed by atoms with E-state index in [9.17, 15) is 9.59 Å². The van der Waals surface area contributed by atoms with Crippen LogP contribution in [0.5, 0.6) is 0 Å². The van der Waals surface area contributed by atoms with Crippen molar-refractivity contribution in [3.05, 3.63) is 35.5 Å². The lowest BCUT2D eigenvalue weighted by Crippen LogP contribution is -2.39. The summed E-state index contributed by atoms with van der Waals surface area (Å²) < 4.78 is 5.15. The van der Waals surface area contributed by atoms with Crippen molar-refractivity contribution in [1.29, 1.82) is 0 Å². The van der Waals surface area contributed by atoms with E-state index in [2.05, 4.69) is 10.3 Å². The van der Waals surface area contributed by atoms with Gasteiger partial charge < -0.3 is 15.0 Å². The average molecular weight is 296 g/mol. The van der Waals surface area contributed by atoms with Crippen LogP contribution in [-0.2, 0) is 14.3 Å². The summed E-state index contributed by atoms with van der Waals surface area (Å²) in [7, 11) is 0. The van der Waals surface area contributed by atoms with E-state index in [1.807, 2.05) is 0 Å². The van der Waals surface area contributed by atoms with Crippen LogP contribution in [0.3, 0.4) is 0 Å². The van der Waals surface area contributed by atoms with Gasteiger partial charge >= 0.3 is 0 Å². The highest BCUT2D eigenvalue weighted by atomic mass is 35.5. The molecule has 1 fully saturated rings. The molecule has 1 aromatic heterocycles. The van der Waals surface area contributed by atoms with Crippen molar-refractivity contribution in [1.82, 2.24) is 9.88 Å². The summed E-state index contributed by atoms with van der Waals surface area (Å²) in [5.74, 6) is -0.239. The van der Waals surface area contributed by atoms with Crippen LogP contribution in [0.25, 0.3) is 0 Å². The molecule has 0 atom stereocenters. The quantitative estimate of drug-likeness (QED) is 0.847. The third-order valence-electron chi connectivity index (χ3n) is 2.68. The van der Waals surface area contributed by atoms with Gasteiger partial charge in [-0.25, -0.2) is 4.98 Å². The molecule has 2 rings (SSSR count). The second kappa shape index (κ2) is 7.02. The van der Waals surface area contributed by atoms with Crippen LogP contribution in [0.4, 0.5) is 5.82 Å². The van der Waals surface area contributed by atoms with Gasteiger partial charge in [0.1, 0.15) is 5.82 Å². The molecule has 20 heavy (non-hydrogen) atoms. The van der Waals surface area contributed by atoms with E-state index < -0.39 is 5.91 Å². The Bertz CT molecular complexity index is 510. The number of anilines is 1. The van der Waals surface area contributed by atoms with Gasteiger partial charge in [-0.1, -0.05) is 11.6 Å². The molecule has 1 saturated heterocycles. The van der Waals surface area contributed by atoms with Gasteiger partial charge in [-0.05, 0) is 12.1 Å². The number of nitrogens with one attached hydrogen (secondary N) is 1. The van der Waals surface area contributed by atoms with Gasteiger partial charge in [0.2, 0.25) is 11.8 Å². The molecule has 0 saturated carbocycles. The smallest absolute Gasteiger partial charge is 0.249 e. The van der Waals surface area contributed by atoms with Crippen LogP contribution in [0.2, 0.25) is 5.02 Å². The summed E-state index contributed by atoms with van der Waals surface area (Å²) >= 11 is 5.69. The lowest BCUT2D eigenvalue weighted by Gasteiger charge is -2.25. The van der Waals surface area contributed by atoms with E-state index >= 15 is 0 Å². The molecule has 0 aliphatic carbocycles. The van der Waals surface area contributed by atoms with Crippen molar-refractivity contribution >= 4 is 29.2 Å². The lowest BCUT2D eigenvalue weighted by molar-refractivity contribution is -0.130. The zero-order valence-corrected chi connectivity index (χ0v) is 11.5. The third kappa shape index (κ3) is 4.32. The van der Waals surface area contributed by atoms with Crippen LogP contribution in [0.15, 0.2) is 30.5 Å². The number of pyridine rings is 1. The Balaban J connectivity index is 1.85. The van der Waals surface area contributed by atoms with Crippen LogP contribution in [-0.4, -0.2) is 48.0 Å². The first-order valence-electron chi connectivity index (χ1n) is 6.12. The summed E-state index contributed by atoms with van der Waals surface area (Å²) in [6.07, 6.45) is 3.87. The minimum Gasteiger partial charge on any atom is -0.378 e. The molecule has 106 valence electrons. The van der Waals surface area contributed by atoms with Gasteiger partial charge in [0.25, 0.3) is 0 Å². The summed E-state index contributed by atoms with van der Waals surface area (Å²) in [6, 6.07) is 3.20. The predicted molar refractivity (Wildman–Crippen MR) is 74.4 cm³/mol. The minimum atomic E-state index is -0.415. The number of hydrogen-bond donors (Lipinski definition) is 1. The van der Waals surface area contributed by atoms with E-state index in [0.717, 1.165) is 0 Å². The Morgan fingerprint density at radius 2 is 2.05 bits per heavy atom. The standard InChI is InChI=1S/C13H14ClN3O3/c14-10-1-2-11(15-9-10)16-12(18)3-4-13(19)17-5-7-20-8-6-17/h1-4,9H,5-8H2,(H,15,16,18)/b4-3+. The second-order valence-electron chi connectivity index (χ2n) is 4.12. The van der Waals surface area contributed by atoms with E-state index in [4.69, 9.17) is 16.3 Å². The Morgan fingerprint density at radius 3 is 2.70 bits per heavy atom. The fourth-order valence-corrected chi connectivity index (χ4v) is 1.77. The molecule has 7 heteroatoms. The SMILES string of the molecule is O=C(/C=C/C(=O)N1CCOCC1)Nc1ccc(Cl)cn1. The first-order valence-corrected chi connectivity index (χ1v) is 6.50. The normalized spacial score (nSPS) is 15.3. The summed E-state index contributed by atoms with van der Waals surface area (Å²) in [4.78, 5) is 28.9. The number of rotatable bonds is 3. The fourth-order valence-electron chi connectivity index (χ4n) is 1.65. The summed E-state index contributed by atoms with van der Waals surface area (Å²) in [5, 5.41) is 3.02. The molecule has 0 bridgehead atoms. The van der Waals surface area contributed by atoms with Gasteiger partial charge in [0.05, 0.1) is 18.2 Å². The molecule has 1 aromatic rings. The lowest BCUT2D eigenvalue weighted by atomic mass is 10.3. The van der Waals surface area contributed by atoms with Crippen molar-refractivity contribution in [3.63, 3.8) is 0 Å².